The lowest BCUT2D eigenvalue weighted by Gasteiger charge is -2.17. The number of aliphatic hydroxyl groups excluding tert-OH is 1. The van der Waals surface area contributed by atoms with E-state index in [2.05, 4.69) is 79.0 Å². The summed E-state index contributed by atoms with van der Waals surface area (Å²) in [5.74, 6) is 1.76. The van der Waals surface area contributed by atoms with Crippen molar-refractivity contribution in [2.45, 2.75) is 83.0 Å². The van der Waals surface area contributed by atoms with Crippen molar-refractivity contribution < 1.29 is 9.84 Å². The molecule has 1 aromatic heterocycles. The first-order valence-corrected chi connectivity index (χ1v) is 15.0. The van der Waals surface area contributed by atoms with Crippen LogP contribution in [0.1, 0.15) is 82.0 Å². The highest BCUT2D eigenvalue weighted by Crippen LogP contribution is 2.34. The number of aromatic nitrogens is 1. The molecule has 0 amide bonds. The molecule has 0 bridgehead atoms. The Labute approximate surface area is 227 Å². The van der Waals surface area contributed by atoms with Gasteiger partial charge in [-0.2, -0.15) is 0 Å². The van der Waals surface area contributed by atoms with Crippen molar-refractivity contribution in [3.8, 4) is 5.75 Å². The summed E-state index contributed by atoms with van der Waals surface area (Å²) in [7, 11) is 0. The van der Waals surface area contributed by atoms with Gasteiger partial charge in [-0.3, -0.25) is 4.72 Å². The number of aliphatic hydroxyl groups is 1. The molecule has 0 aliphatic heterocycles. The summed E-state index contributed by atoms with van der Waals surface area (Å²) in [4.78, 5) is 3.75. The van der Waals surface area contributed by atoms with Gasteiger partial charge in [-0.25, -0.2) is 0 Å². The van der Waals surface area contributed by atoms with Gasteiger partial charge in [0.1, 0.15) is 18.5 Å². The van der Waals surface area contributed by atoms with Crippen LogP contribution in [0.15, 0.2) is 60.7 Å². The summed E-state index contributed by atoms with van der Waals surface area (Å²) < 4.78 is 9.11. The minimum atomic E-state index is -0.510. The highest BCUT2D eigenvalue weighted by Gasteiger charge is 2.22. The van der Waals surface area contributed by atoms with Crippen molar-refractivity contribution in [2.75, 3.05) is 13.2 Å². The summed E-state index contributed by atoms with van der Waals surface area (Å²) in [5, 5.41) is 12.3. The van der Waals surface area contributed by atoms with Crippen LogP contribution >= 0.6 is 11.9 Å². The molecule has 37 heavy (non-hydrogen) atoms. The van der Waals surface area contributed by atoms with Crippen LogP contribution in [-0.4, -0.2) is 34.6 Å². The Kier molecular flexibility index (Phi) is 10.6. The zero-order chi connectivity index (χ0) is 26.0. The van der Waals surface area contributed by atoms with E-state index in [0.29, 0.717) is 19.1 Å². The summed E-state index contributed by atoms with van der Waals surface area (Å²) in [6.45, 7) is 7.71. The fourth-order valence-electron chi connectivity index (χ4n) is 4.78. The van der Waals surface area contributed by atoms with Gasteiger partial charge >= 0.3 is 0 Å². The third-order valence-corrected chi connectivity index (χ3v) is 8.45. The molecule has 1 fully saturated rings. The normalized spacial score (nSPS) is 16.3. The summed E-state index contributed by atoms with van der Waals surface area (Å²) in [6, 6.07) is 17.1. The van der Waals surface area contributed by atoms with Crippen LogP contribution < -0.4 is 9.46 Å². The molecule has 0 radical (unpaired) electrons. The van der Waals surface area contributed by atoms with E-state index < -0.39 is 6.10 Å². The fraction of sp³-hybridized carbons (Fsp3) is 0.500. The van der Waals surface area contributed by atoms with Crippen LogP contribution in [0.4, 0.5) is 0 Å². The van der Waals surface area contributed by atoms with Crippen molar-refractivity contribution in [3.05, 3.63) is 77.5 Å². The number of nitrogens with one attached hydrogen (secondary N) is 2. The minimum Gasteiger partial charge on any atom is -0.491 e. The third-order valence-electron chi connectivity index (χ3n) is 7.31. The number of hydrogen-bond donors (Lipinski definition) is 3. The average molecular weight is 521 g/mol. The van der Waals surface area contributed by atoms with Crippen molar-refractivity contribution >= 4 is 22.9 Å². The molecule has 4 rings (SSSR count). The lowest BCUT2D eigenvalue weighted by molar-refractivity contribution is 0.111. The SMILES string of the molecule is CC/C=C\CCC(C)CCc1c(C(C)c2ccc(OCC(O)CNSC3CC3)cc2)[nH]c2ccccc12. The zero-order valence-corrected chi connectivity index (χ0v) is 23.5. The first kappa shape index (κ1) is 27.8. The fourth-order valence-corrected chi connectivity index (χ4v) is 5.68. The van der Waals surface area contributed by atoms with E-state index in [1.807, 2.05) is 12.1 Å². The molecule has 0 spiro atoms. The number of fused-ring (bicyclic) bond motifs is 1. The molecule has 4 nitrogen and oxygen atoms in total. The van der Waals surface area contributed by atoms with E-state index in [9.17, 15) is 5.11 Å². The van der Waals surface area contributed by atoms with Crippen LogP contribution in [0.5, 0.6) is 5.75 Å². The molecular formula is C32H44N2O2S. The van der Waals surface area contributed by atoms with E-state index in [-0.39, 0.29) is 5.92 Å². The molecule has 1 aliphatic rings. The predicted molar refractivity (Wildman–Crippen MR) is 159 cm³/mol. The molecule has 3 atom stereocenters. The number of aryl methyl sites for hydroxylation is 1. The quantitative estimate of drug-likeness (QED) is 0.133. The number of hydrogen-bond acceptors (Lipinski definition) is 4. The maximum atomic E-state index is 10.2. The van der Waals surface area contributed by atoms with Crippen molar-refractivity contribution in [1.82, 2.24) is 9.71 Å². The zero-order valence-electron chi connectivity index (χ0n) is 22.7. The van der Waals surface area contributed by atoms with Gasteiger partial charge in [-0.15, -0.1) is 0 Å². The lowest BCUT2D eigenvalue weighted by Crippen LogP contribution is -2.28. The van der Waals surface area contributed by atoms with Crippen LogP contribution in [0.2, 0.25) is 0 Å². The van der Waals surface area contributed by atoms with Crippen LogP contribution in [-0.2, 0) is 6.42 Å². The van der Waals surface area contributed by atoms with Crippen molar-refractivity contribution in [1.29, 1.82) is 0 Å². The Bertz CT molecular complexity index is 1120. The first-order valence-electron chi connectivity index (χ1n) is 14.1. The molecule has 3 N–H and O–H groups in total. The van der Waals surface area contributed by atoms with E-state index in [1.165, 1.54) is 59.8 Å². The van der Waals surface area contributed by atoms with Crippen LogP contribution in [0, 0.1) is 5.92 Å². The Morgan fingerprint density at radius 2 is 1.86 bits per heavy atom. The second-order valence-corrected chi connectivity index (χ2v) is 11.8. The molecule has 3 unspecified atom stereocenters. The Morgan fingerprint density at radius 1 is 1.08 bits per heavy atom. The lowest BCUT2D eigenvalue weighted by atomic mass is 9.90. The number of rotatable bonds is 16. The molecule has 2 aromatic carbocycles. The smallest absolute Gasteiger partial charge is 0.119 e. The van der Waals surface area contributed by atoms with Crippen LogP contribution in [0.3, 0.4) is 0 Å². The van der Waals surface area contributed by atoms with Gasteiger partial charge in [-0.1, -0.05) is 75.2 Å². The van der Waals surface area contributed by atoms with Crippen molar-refractivity contribution in [2.24, 2.45) is 5.92 Å². The van der Waals surface area contributed by atoms with E-state index >= 15 is 0 Å². The summed E-state index contributed by atoms with van der Waals surface area (Å²) in [5.41, 5.74) is 5.27. The number of ether oxygens (including phenoxy) is 1. The second kappa shape index (κ2) is 14.1. The Hall–Kier alpha value is -2.21. The molecular weight excluding hydrogens is 476 g/mol. The minimum absolute atomic E-state index is 0.258. The highest BCUT2D eigenvalue weighted by atomic mass is 32.2. The number of H-pyrrole nitrogens is 1. The molecule has 1 aliphatic carbocycles. The largest absolute Gasteiger partial charge is 0.491 e. The summed E-state index contributed by atoms with van der Waals surface area (Å²) >= 11 is 1.74. The van der Waals surface area contributed by atoms with E-state index in [4.69, 9.17) is 4.74 Å². The Morgan fingerprint density at radius 3 is 2.62 bits per heavy atom. The van der Waals surface area contributed by atoms with Gasteiger partial charge < -0.3 is 14.8 Å². The number of para-hydroxylation sites is 1. The maximum Gasteiger partial charge on any atom is 0.119 e. The first-order chi connectivity index (χ1) is 18.0. The van der Waals surface area contributed by atoms with Gasteiger partial charge in [-0.05, 0) is 80.2 Å². The summed E-state index contributed by atoms with van der Waals surface area (Å²) in [6.07, 6.45) is 12.5. The van der Waals surface area contributed by atoms with Gasteiger partial charge in [0.25, 0.3) is 0 Å². The number of aromatic amines is 1. The second-order valence-electron chi connectivity index (χ2n) is 10.6. The van der Waals surface area contributed by atoms with Gasteiger partial charge in [0.05, 0.1) is 0 Å². The average Bonchev–Trinajstić information content (AvgIpc) is 3.67. The third kappa shape index (κ3) is 8.39. The highest BCUT2D eigenvalue weighted by molar-refractivity contribution is 7.98. The number of benzene rings is 2. The van der Waals surface area contributed by atoms with Gasteiger partial charge in [0, 0.05) is 34.3 Å². The van der Waals surface area contributed by atoms with Crippen LogP contribution in [0.25, 0.3) is 10.9 Å². The maximum absolute atomic E-state index is 10.2. The van der Waals surface area contributed by atoms with E-state index in [0.717, 1.165) is 23.8 Å². The molecule has 1 heterocycles. The predicted octanol–water partition coefficient (Wildman–Crippen LogP) is 7.77. The molecule has 200 valence electrons. The molecule has 0 saturated heterocycles. The topological polar surface area (TPSA) is 57.3 Å². The van der Waals surface area contributed by atoms with Crippen molar-refractivity contribution in [3.63, 3.8) is 0 Å². The monoisotopic (exact) mass is 520 g/mol. The van der Waals surface area contributed by atoms with Gasteiger partial charge in [0.15, 0.2) is 0 Å². The molecule has 3 aromatic rings. The molecule has 1 saturated carbocycles. The van der Waals surface area contributed by atoms with E-state index in [1.54, 1.807) is 11.9 Å². The standard InChI is InChI=1S/C32H44N2O2S/c1-4-5-6-7-10-23(2)13-20-30-29-11-8-9-12-31(29)34-32(30)24(3)25-14-16-27(17-15-25)36-22-26(35)21-33-37-28-18-19-28/h5-6,8-9,11-12,14-17,23-24,26,28,33-35H,4,7,10,13,18-22H2,1-3H3/b6-5-. The van der Waals surface area contributed by atoms with Gasteiger partial charge in [0.2, 0.25) is 0 Å². The Balaban J connectivity index is 1.37. The number of allylic oxidation sites excluding steroid dienone is 2. The molecule has 5 heteroatoms.